The molecule has 2 aliphatic heterocycles. The monoisotopic (exact) mass is 433 g/mol. The van der Waals surface area contributed by atoms with Crippen LogP contribution in [0.4, 0.5) is 5.69 Å². The summed E-state index contributed by atoms with van der Waals surface area (Å²) in [5, 5.41) is 10.2. The number of anilines is 1. The summed E-state index contributed by atoms with van der Waals surface area (Å²) in [4.78, 5) is 17.3. The molecular formula is C26H31N3O3. The molecule has 1 aromatic carbocycles. The summed E-state index contributed by atoms with van der Waals surface area (Å²) >= 11 is 0. The van der Waals surface area contributed by atoms with Crippen LogP contribution in [0.1, 0.15) is 78.6 Å². The summed E-state index contributed by atoms with van der Waals surface area (Å²) in [5.41, 5.74) is 5.96. The second-order valence-corrected chi connectivity index (χ2v) is 9.95. The Morgan fingerprint density at radius 3 is 2.75 bits per heavy atom. The van der Waals surface area contributed by atoms with Gasteiger partial charge in [0, 0.05) is 32.1 Å². The fraction of sp³-hybridized carbons (Fsp3) is 0.538. The molecule has 1 atom stereocenters. The van der Waals surface area contributed by atoms with E-state index in [2.05, 4.69) is 37.8 Å². The van der Waals surface area contributed by atoms with Crippen LogP contribution in [0.2, 0.25) is 0 Å². The molecular weight excluding hydrogens is 402 g/mol. The number of rotatable bonds is 4. The first-order valence-corrected chi connectivity index (χ1v) is 11.7. The van der Waals surface area contributed by atoms with Crippen molar-refractivity contribution in [2.75, 3.05) is 24.5 Å². The smallest absolute Gasteiger partial charge is 0.257 e. The van der Waals surface area contributed by atoms with Crippen LogP contribution >= 0.6 is 0 Å². The van der Waals surface area contributed by atoms with Crippen molar-refractivity contribution in [2.45, 2.75) is 70.6 Å². The van der Waals surface area contributed by atoms with Gasteiger partial charge in [-0.15, -0.1) is 0 Å². The van der Waals surface area contributed by atoms with Gasteiger partial charge in [-0.3, -0.25) is 4.79 Å². The van der Waals surface area contributed by atoms with Gasteiger partial charge in [0.1, 0.15) is 12.3 Å². The minimum Gasteiger partial charge on any atom is -0.472 e. The fourth-order valence-electron chi connectivity index (χ4n) is 5.27. The van der Waals surface area contributed by atoms with E-state index in [0.29, 0.717) is 24.6 Å². The summed E-state index contributed by atoms with van der Waals surface area (Å²) in [6.07, 6.45) is 7.11. The second-order valence-electron chi connectivity index (χ2n) is 9.95. The Bertz CT molecular complexity index is 1060. The molecule has 3 heterocycles. The SMILES string of the molecule is CCC1CN(c2cc(C3CC3)c3c(c2C#N)CC(C)(C)OC3)CCN1C(=O)c1ccoc1. The van der Waals surface area contributed by atoms with Crippen molar-refractivity contribution in [3.05, 3.63) is 52.5 Å². The lowest BCUT2D eigenvalue weighted by molar-refractivity contribution is -0.0405. The number of hydrogen-bond donors (Lipinski definition) is 0. The van der Waals surface area contributed by atoms with Crippen molar-refractivity contribution in [2.24, 2.45) is 0 Å². The van der Waals surface area contributed by atoms with Crippen LogP contribution in [0.15, 0.2) is 29.1 Å². The Balaban J connectivity index is 1.49. The summed E-state index contributed by atoms with van der Waals surface area (Å²) in [6.45, 7) is 9.01. The van der Waals surface area contributed by atoms with Gasteiger partial charge in [-0.25, -0.2) is 0 Å². The first-order valence-electron chi connectivity index (χ1n) is 11.7. The highest BCUT2D eigenvalue weighted by atomic mass is 16.5. The van der Waals surface area contributed by atoms with Crippen molar-refractivity contribution in [1.29, 1.82) is 5.26 Å². The van der Waals surface area contributed by atoms with E-state index in [-0.39, 0.29) is 17.6 Å². The zero-order valence-corrected chi connectivity index (χ0v) is 19.2. The van der Waals surface area contributed by atoms with Gasteiger partial charge in [-0.05, 0) is 67.9 Å². The number of amides is 1. The first-order chi connectivity index (χ1) is 15.4. The Labute approximate surface area is 189 Å². The molecule has 5 rings (SSSR count). The van der Waals surface area contributed by atoms with E-state index in [0.717, 1.165) is 37.2 Å². The van der Waals surface area contributed by atoms with Crippen LogP contribution in [-0.4, -0.2) is 42.1 Å². The van der Waals surface area contributed by atoms with Crippen LogP contribution in [0.25, 0.3) is 0 Å². The predicted molar refractivity (Wildman–Crippen MR) is 122 cm³/mol. The van der Waals surface area contributed by atoms with Crippen LogP contribution < -0.4 is 4.90 Å². The third kappa shape index (κ3) is 3.69. The lowest BCUT2D eigenvalue weighted by Crippen LogP contribution is -2.55. The molecule has 1 amide bonds. The van der Waals surface area contributed by atoms with Crippen molar-refractivity contribution in [3.63, 3.8) is 0 Å². The van der Waals surface area contributed by atoms with Crippen LogP contribution in [0.5, 0.6) is 0 Å². The third-order valence-electron chi connectivity index (χ3n) is 7.23. The van der Waals surface area contributed by atoms with Gasteiger partial charge in [-0.1, -0.05) is 6.92 Å². The molecule has 0 N–H and O–H groups in total. The number of furan rings is 1. The van der Waals surface area contributed by atoms with Gasteiger partial charge in [0.05, 0.1) is 35.3 Å². The van der Waals surface area contributed by atoms with E-state index in [1.54, 1.807) is 12.3 Å². The van der Waals surface area contributed by atoms with Crippen molar-refractivity contribution in [3.8, 4) is 6.07 Å². The maximum absolute atomic E-state index is 13.0. The molecule has 2 aromatic rings. The Morgan fingerprint density at radius 1 is 1.28 bits per heavy atom. The molecule has 1 unspecified atom stereocenters. The van der Waals surface area contributed by atoms with E-state index in [1.807, 2.05) is 4.90 Å². The molecule has 1 saturated carbocycles. The number of nitrogens with zero attached hydrogens (tertiary/aromatic N) is 3. The average Bonchev–Trinajstić information content (AvgIpc) is 3.49. The molecule has 2 fully saturated rings. The molecule has 32 heavy (non-hydrogen) atoms. The molecule has 0 spiro atoms. The van der Waals surface area contributed by atoms with E-state index < -0.39 is 0 Å². The maximum atomic E-state index is 13.0. The lowest BCUT2D eigenvalue weighted by atomic mass is 9.84. The number of benzene rings is 1. The quantitative estimate of drug-likeness (QED) is 0.704. The summed E-state index contributed by atoms with van der Waals surface area (Å²) < 4.78 is 11.3. The van der Waals surface area contributed by atoms with E-state index in [9.17, 15) is 10.1 Å². The van der Waals surface area contributed by atoms with Gasteiger partial charge in [-0.2, -0.15) is 5.26 Å². The number of carbonyl (C=O) groups excluding carboxylic acids is 1. The number of piperazine rings is 1. The highest BCUT2D eigenvalue weighted by Crippen LogP contribution is 2.47. The van der Waals surface area contributed by atoms with Gasteiger partial charge >= 0.3 is 0 Å². The molecule has 1 saturated heterocycles. The summed E-state index contributed by atoms with van der Waals surface area (Å²) in [6, 6.07) is 6.63. The predicted octanol–water partition coefficient (Wildman–Crippen LogP) is 4.62. The topological polar surface area (TPSA) is 69.7 Å². The van der Waals surface area contributed by atoms with Gasteiger partial charge in [0.15, 0.2) is 0 Å². The van der Waals surface area contributed by atoms with Gasteiger partial charge in [0.25, 0.3) is 5.91 Å². The first kappa shape index (κ1) is 21.1. The van der Waals surface area contributed by atoms with E-state index >= 15 is 0 Å². The molecule has 168 valence electrons. The van der Waals surface area contributed by atoms with Gasteiger partial charge in [0.2, 0.25) is 0 Å². The number of fused-ring (bicyclic) bond motifs is 1. The fourth-order valence-corrected chi connectivity index (χ4v) is 5.27. The summed E-state index contributed by atoms with van der Waals surface area (Å²) in [7, 11) is 0. The van der Waals surface area contributed by atoms with Crippen LogP contribution in [-0.2, 0) is 17.8 Å². The van der Waals surface area contributed by atoms with E-state index in [4.69, 9.17) is 9.15 Å². The largest absolute Gasteiger partial charge is 0.472 e. The molecule has 6 nitrogen and oxygen atoms in total. The summed E-state index contributed by atoms with van der Waals surface area (Å²) in [5.74, 6) is 0.611. The maximum Gasteiger partial charge on any atom is 0.257 e. The highest BCUT2D eigenvalue weighted by Gasteiger charge is 2.37. The average molecular weight is 434 g/mol. The van der Waals surface area contributed by atoms with Crippen molar-refractivity contribution < 1.29 is 13.9 Å². The minimum atomic E-state index is -0.264. The van der Waals surface area contributed by atoms with Crippen molar-refractivity contribution >= 4 is 11.6 Å². The standard InChI is InChI=1S/C26H31N3O3/c1-4-19-14-28(8-9-29(19)25(30)18-7-10-31-15-18)24-11-20(17-5-6-17)23-16-32-26(2,3)12-21(23)22(24)13-27/h7,10-11,15,17,19H,4-6,8-9,12,14,16H2,1-3H3. The number of carbonyl (C=O) groups is 1. The number of hydrogen-bond acceptors (Lipinski definition) is 5. The van der Waals surface area contributed by atoms with Crippen LogP contribution in [0.3, 0.4) is 0 Å². The minimum absolute atomic E-state index is 0.0220. The molecule has 6 heteroatoms. The Hall–Kier alpha value is -2.78. The normalized spacial score (nSPS) is 22.4. The van der Waals surface area contributed by atoms with Gasteiger partial charge < -0.3 is 19.0 Å². The number of ether oxygens (including phenoxy) is 1. The molecule has 0 radical (unpaired) electrons. The molecule has 0 bridgehead atoms. The van der Waals surface area contributed by atoms with Crippen molar-refractivity contribution in [1.82, 2.24) is 4.90 Å². The zero-order valence-electron chi connectivity index (χ0n) is 19.2. The molecule has 1 aliphatic carbocycles. The molecule has 1 aromatic heterocycles. The van der Waals surface area contributed by atoms with Crippen LogP contribution in [0, 0.1) is 11.3 Å². The molecule has 3 aliphatic rings. The van der Waals surface area contributed by atoms with E-state index in [1.165, 1.54) is 35.8 Å². The third-order valence-corrected chi connectivity index (χ3v) is 7.23. The Morgan fingerprint density at radius 2 is 2.09 bits per heavy atom. The number of nitriles is 1. The zero-order chi connectivity index (χ0) is 22.5. The highest BCUT2D eigenvalue weighted by molar-refractivity contribution is 5.94. The lowest BCUT2D eigenvalue weighted by Gasteiger charge is -2.43. The second kappa shape index (κ2) is 7.97. The Kier molecular flexibility index (Phi) is 5.25.